The molecule has 3 aromatic carbocycles. The predicted molar refractivity (Wildman–Crippen MR) is 128 cm³/mol. The third kappa shape index (κ3) is 5.98. The lowest BCUT2D eigenvalue weighted by molar-refractivity contribution is -0.127. The van der Waals surface area contributed by atoms with Crippen molar-refractivity contribution in [2.24, 2.45) is 11.8 Å². The highest BCUT2D eigenvalue weighted by atomic mass is 19.1. The Morgan fingerprint density at radius 1 is 0.824 bits per heavy atom. The number of carbonyl (C=O) groups excluding carboxylic acids is 3. The first-order valence-electron chi connectivity index (χ1n) is 11.6. The Hall–Kier alpha value is -3.74. The fourth-order valence-electron chi connectivity index (χ4n) is 4.45. The van der Waals surface area contributed by atoms with Crippen molar-refractivity contribution < 1.29 is 18.8 Å². The summed E-state index contributed by atoms with van der Waals surface area (Å²) in [5.74, 6) is -0.804. The molecule has 34 heavy (non-hydrogen) atoms. The van der Waals surface area contributed by atoms with Crippen molar-refractivity contribution in [3.05, 3.63) is 83.7 Å². The van der Waals surface area contributed by atoms with Gasteiger partial charge >= 0.3 is 0 Å². The molecule has 0 bridgehead atoms. The van der Waals surface area contributed by atoms with Crippen LogP contribution in [0.5, 0.6) is 0 Å². The number of hydrogen-bond donors (Lipinski definition) is 3. The highest BCUT2D eigenvalue weighted by molar-refractivity contribution is 6.07. The molecule has 0 unspecified atom stereocenters. The molecule has 3 aromatic rings. The molecular weight excluding hydrogens is 433 g/mol. The number of benzene rings is 3. The summed E-state index contributed by atoms with van der Waals surface area (Å²) in [5.41, 5.74) is 6.40. The van der Waals surface area contributed by atoms with Gasteiger partial charge in [-0.05, 0) is 66.1 Å². The van der Waals surface area contributed by atoms with Gasteiger partial charge in [-0.3, -0.25) is 25.2 Å². The molecule has 176 valence electrons. The van der Waals surface area contributed by atoms with Gasteiger partial charge in [-0.25, -0.2) is 4.39 Å². The molecule has 1 aliphatic carbocycles. The number of rotatable bonds is 6. The Labute approximate surface area is 197 Å². The maximum atomic E-state index is 13.0. The van der Waals surface area contributed by atoms with Crippen molar-refractivity contribution in [3.63, 3.8) is 0 Å². The Kier molecular flexibility index (Phi) is 7.52. The van der Waals surface area contributed by atoms with Crippen molar-refractivity contribution in [3.8, 4) is 0 Å². The summed E-state index contributed by atoms with van der Waals surface area (Å²) < 4.78 is 13.0. The summed E-state index contributed by atoms with van der Waals surface area (Å²) in [6.07, 6.45) is 3.27. The average Bonchev–Trinajstić information content (AvgIpc) is 2.87. The third-order valence-electron chi connectivity index (χ3n) is 6.42. The van der Waals surface area contributed by atoms with E-state index in [1.807, 2.05) is 36.4 Å². The number of nitrogens with one attached hydrogen (secondary N) is 3. The highest BCUT2D eigenvalue weighted by Crippen LogP contribution is 2.28. The lowest BCUT2D eigenvalue weighted by atomic mass is 9.81. The summed E-state index contributed by atoms with van der Waals surface area (Å²) in [6.45, 7) is 0.562. The molecule has 1 fully saturated rings. The first-order chi connectivity index (χ1) is 16.5. The van der Waals surface area contributed by atoms with Gasteiger partial charge in [-0.2, -0.15) is 0 Å². The molecule has 3 N–H and O–H groups in total. The maximum Gasteiger partial charge on any atom is 0.270 e. The van der Waals surface area contributed by atoms with Crippen molar-refractivity contribution in [2.45, 2.75) is 32.1 Å². The quantitative estimate of drug-likeness (QED) is 0.487. The van der Waals surface area contributed by atoms with Crippen LogP contribution < -0.4 is 16.2 Å². The van der Waals surface area contributed by atoms with E-state index in [1.54, 1.807) is 18.2 Å². The summed E-state index contributed by atoms with van der Waals surface area (Å²) in [6, 6.07) is 19.0. The molecule has 0 radical (unpaired) electrons. The van der Waals surface area contributed by atoms with Gasteiger partial charge in [0, 0.05) is 18.0 Å². The van der Waals surface area contributed by atoms with E-state index in [2.05, 4.69) is 16.2 Å². The van der Waals surface area contributed by atoms with Gasteiger partial charge < -0.3 is 5.32 Å². The van der Waals surface area contributed by atoms with Crippen molar-refractivity contribution in [2.75, 3.05) is 6.54 Å². The summed E-state index contributed by atoms with van der Waals surface area (Å²) in [7, 11) is 0. The fraction of sp³-hybridized carbons (Fsp3) is 0.296. The maximum absolute atomic E-state index is 13.0. The molecule has 0 spiro atoms. The molecule has 0 aliphatic heterocycles. The van der Waals surface area contributed by atoms with Crippen LogP contribution in [0.2, 0.25) is 0 Å². The van der Waals surface area contributed by atoms with Crippen LogP contribution in [0.25, 0.3) is 10.8 Å². The van der Waals surface area contributed by atoms with Gasteiger partial charge in [0.25, 0.3) is 5.91 Å². The van der Waals surface area contributed by atoms with Crippen molar-refractivity contribution >= 4 is 28.5 Å². The van der Waals surface area contributed by atoms with Crippen LogP contribution >= 0.6 is 0 Å². The van der Waals surface area contributed by atoms with Gasteiger partial charge in [0.1, 0.15) is 5.82 Å². The Morgan fingerprint density at radius 2 is 1.53 bits per heavy atom. The zero-order valence-electron chi connectivity index (χ0n) is 18.9. The van der Waals surface area contributed by atoms with Crippen LogP contribution in [0.15, 0.2) is 66.7 Å². The summed E-state index contributed by atoms with van der Waals surface area (Å²) >= 11 is 0. The lowest BCUT2D eigenvalue weighted by Gasteiger charge is -2.28. The summed E-state index contributed by atoms with van der Waals surface area (Å²) in [4.78, 5) is 37.3. The van der Waals surface area contributed by atoms with E-state index >= 15 is 0 Å². The predicted octanol–water partition coefficient (Wildman–Crippen LogP) is 3.91. The lowest BCUT2D eigenvalue weighted by Crippen LogP contribution is -2.45. The summed E-state index contributed by atoms with van der Waals surface area (Å²) in [5, 5.41) is 4.74. The number of amides is 3. The van der Waals surface area contributed by atoms with Gasteiger partial charge in [-0.15, -0.1) is 0 Å². The number of hydrazine groups is 1. The number of halogens is 1. The molecular formula is C27H28FN3O3. The van der Waals surface area contributed by atoms with Gasteiger partial charge in [0.2, 0.25) is 11.8 Å². The van der Waals surface area contributed by atoms with Crippen LogP contribution in [0.3, 0.4) is 0 Å². The molecule has 0 aromatic heterocycles. The zero-order chi connectivity index (χ0) is 23.9. The number of carbonyl (C=O) groups is 3. The fourth-order valence-corrected chi connectivity index (χ4v) is 4.45. The van der Waals surface area contributed by atoms with E-state index in [0.717, 1.165) is 29.2 Å². The molecule has 1 saturated carbocycles. The van der Waals surface area contributed by atoms with E-state index in [-0.39, 0.29) is 35.9 Å². The van der Waals surface area contributed by atoms with E-state index in [4.69, 9.17) is 0 Å². The zero-order valence-corrected chi connectivity index (χ0v) is 18.9. The largest absolute Gasteiger partial charge is 0.356 e. The van der Waals surface area contributed by atoms with E-state index in [0.29, 0.717) is 30.9 Å². The first kappa shape index (κ1) is 23.4. The van der Waals surface area contributed by atoms with Crippen LogP contribution in [0.1, 0.15) is 41.6 Å². The van der Waals surface area contributed by atoms with Gasteiger partial charge in [0.15, 0.2) is 0 Å². The molecule has 1 aliphatic rings. The van der Waals surface area contributed by atoms with E-state index < -0.39 is 0 Å². The SMILES string of the molecule is O=C(Cc1ccc(F)cc1)NCC1CCC(C(=O)NNC(=O)c2cccc3ccccc23)CC1. The average molecular weight is 462 g/mol. The molecule has 7 heteroatoms. The molecule has 4 rings (SSSR count). The third-order valence-corrected chi connectivity index (χ3v) is 6.42. The molecule has 3 amide bonds. The van der Waals surface area contributed by atoms with Crippen LogP contribution in [0, 0.1) is 17.7 Å². The molecule has 0 atom stereocenters. The first-order valence-corrected chi connectivity index (χ1v) is 11.6. The monoisotopic (exact) mass is 461 g/mol. The Morgan fingerprint density at radius 3 is 2.29 bits per heavy atom. The van der Waals surface area contributed by atoms with Gasteiger partial charge in [-0.1, -0.05) is 48.5 Å². The standard InChI is InChI=1S/C27H28FN3O3/c28-22-14-10-18(11-15-22)16-25(32)29-17-19-8-12-21(13-9-19)26(33)30-31-27(34)24-7-3-5-20-4-1-2-6-23(20)24/h1-7,10-11,14-15,19,21H,8-9,12-13,16-17H2,(H,29,32)(H,30,33)(H,31,34). The van der Waals surface area contributed by atoms with Gasteiger partial charge in [0.05, 0.1) is 6.42 Å². The van der Waals surface area contributed by atoms with Crippen LogP contribution in [0.4, 0.5) is 4.39 Å². The molecule has 0 saturated heterocycles. The minimum absolute atomic E-state index is 0.0948. The second-order valence-corrected chi connectivity index (χ2v) is 8.80. The smallest absolute Gasteiger partial charge is 0.270 e. The Bertz CT molecular complexity index is 1170. The van der Waals surface area contributed by atoms with Crippen molar-refractivity contribution in [1.82, 2.24) is 16.2 Å². The topological polar surface area (TPSA) is 87.3 Å². The number of hydrogen-bond acceptors (Lipinski definition) is 3. The molecule has 6 nitrogen and oxygen atoms in total. The second kappa shape index (κ2) is 10.9. The van der Waals surface area contributed by atoms with Crippen LogP contribution in [-0.2, 0) is 16.0 Å². The highest BCUT2D eigenvalue weighted by Gasteiger charge is 2.27. The normalized spacial score (nSPS) is 17.7. The van der Waals surface area contributed by atoms with E-state index in [1.165, 1.54) is 12.1 Å². The van der Waals surface area contributed by atoms with Crippen molar-refractivity contribution in [1.29, 1.82) is 0 Å². The second-order valence-electron chi connectivity index (χ2n) is 8.80. The van der Waals surface area contributed by atoms with Crippen LogP contribution in [-0.4, -0.2) is 24.3 Å². The molecule has 0 heterocycles. The number of fused-ring (bicyclic) bond motifs is 1. The minimum Gasteiger partial charge on any atom is -0.356 e. The Balaban J connectivity index is 1.19. The van der Waals surface area contributed by atoms with E-state index in [9.17, 15) is 18.8 Å². The minimum atomic E-state index is -0.345.